The maximum atomic E-state index is 13.2. The Morgan fingerprint density at radius 2 is 1.85 bits per heavy atom. The third kappa shape index (κ3) is 5.25. The van der Waals surface area contributed by atoms with Crippen molar-refractivity contribution >= 4 is 28.7 Å². The maximum absolute atomic E-state index is 13.2. The lowest BCUT2D eigenvalue weighted by molar-refractivity contribution is 0.0525. The number of rotatable bonds is 7. The second-order valence-electron chi connectivity index (χ2n) is 7.98. The lowest BCUT2D eigenvalue weighted by Gasteiger charge is -2.15. The Morgan fingerprint density at radius 1 is 1.09 bits per heavy atom. The molecule has 0 spiro atoms. The lowest BCUT2D eigenvalue weighted by Crippen LogP contribution is -2.07. The van der Waals surface area contributed by atoms with Crippen LogP contribution in [0.3, 0.4) is 0 Å². The van der Waals surface area contributed by atoms with E-state index in [9.17, 15) is 9.18 Å². The van der Waals surface area contributed by atoms with Gasteiger partial charge in [-0.25, -0.2) is 14.2 Å². The Bertz CT molecular complexity index is 1200. The van der Waals surface area contributed by atoms with Crippen molar-refractivity contribution in [2.75, 3.05) is 6.61 Å². The predicted molar refractivity (Wildman–Crippen MR) is 128 cm³/mol. The quantitative estimate of drug-likeness (QED) is 0.351. The Morgan fingerprint density at radius 3 is 2.61 bits per heavy atom. The highest BCUT2D eigenvalue weighted by atomic mass is 35.5. The number of carbonyl (C=O) groups excluding carboxylic acids is 1. The highest BCUT2D eigenvalue weighted by Gasteiger charge is 2.23. The van der Waals surface area contributed by atoms with Gasteiger partial charge in [-0.3, -0.25) is 0 Å². The number of aryl methyl sites for hydroxylation is 1. The first-order chi connectivity index (χ1) is 16.0. The van der Waals surface area contributed by atoms with Crippen LogP contribution in [0.4, 0.5) is 4.39 Å². The van der Waals surface area contributed by atoms with Crippen molar-refractivity contribution in [3.8, 4) is 5.88 Å². The average molecular weight is 466 g/mol. The summed E-state index contributed by atoms with van der Waals surface area (Å²) in [5.74, 6) is -0.120. The van der Waals surface area contributed by atoms with Crippen LogP contribution in [0, 0.1) is 12.7 Å². The molecule has 0 aliphatic heterocycles. The van der Waals surface area contributed by atoms with Crippen LogP contribution in [-0.4, -0.2) is 17.6 Å². The van der Waals surface area contributed by atoms with Crippen LogP contribution >= 0.6 is 11.6 Å². The number of carbonyl (C=O) groups is 1. The number of benzene rings is 2. The molecule has 0 saturated heterocycles. The fourth-order valence-corrected chi connectivity index (χ4v) is 4.25. The van der Waals surface area contributed by atoms with Crippen LogP contribution in [0.5, 0.6) is 5.88 Å². The van der Waals surface area contributed by atoms with E-state index in [-0.39, 0.29) is 18.4 Å². The summed E-state index contributed by atoms with van der Waals surface area (Å²) in [6, 6.07) is 14.0. The van der Waals surface area contributed by atoms with Gasteiger partial charge < -0.3 is 9.47 Å². The highest BCUT2D eigenvalue weighted by molar-refractivity contribution is 6.30. The SMILES string of the molecule is CCOC(=O)c1cc(C2=C(c3cc(Cl)cnc3OCc3ccc(F)cc3)CCC2)ccc1C. The fourth-order valence-electron chi connectivity index (χ4n) is 4.09. The minimum atomic E-state index is -0.315. The third-order valence-electron chi connectivity index (χ3n) is 5.73. The van der Waals surface area contributed by atoms with E-state index in [0.29, 0.717) is 23.1 Å². The highest BCUT2D eigenvalue weighted by Crippen LogP contribution is 2.43. The van der Waals surface area contributed by atoms with Gasteiger partial charge in [0.1, 0.15) is 12.4 Å². The molecule has 0 amide bonds. The van der Waals surface area contributed by atoms with Gasteiger partial charge in [-0.05, 0) is 85.2 Å². The molecule has 0 radical (unpaired) electrons. The van der Waals surface area contributed by atoms with Gasteiger partial charge in [-0.2, -0.15) is 0 Å². The van der Waals surface area contributed by atoms with Crippen LogP contribution in [0.1, 0.15) is 58.8 Å². The number of pyridine rings is 1. The van der Waals surface area contributed by atoms with E-state index >= 15 is 0 Å². The number of ether oxygens (including phenoxy) is 2. The second-order valence-corrected chi connectivity index (χ2v) is 8.42. The monoisotopic (exact) mass is 465 g/mol. The van der Waals surface area contributed by atoms with Crippen LogP contribution < -0.4 is 4.74 Å². The Kier molecular flexibility index (Phi) is 7.09. The summed E-state index contributed by atoms with van der Waals surface area (Å²) < 4.78 is 24.5. The van der Waals surface area contributed by atoms with Gasteiger partial charge in [0.2, 0.25) is 5.88 Å². The van der Waals surface area contributed by atoms with Gasteiger partial charge in [-0.15, -0.1) is 0 Å². The van der Waals surface area contributed by atoms with Gasteiger partial charge in [0, 0.05) is 11.8 Å². The van der Waals surface area contributed by atoms with Crippen molar-refractivity contribution in [3.63, 3.8) is 0 Å². The van der Waals surface area contributed by atoms with Crippen molar-refractivity contribution in [2.45, 2.75) is 39.7 Å². The molecule has 4 nitrogen and oxygen atoms in total. The van der Waals surface area contributed by atoms with Crippen LogP contribution in [0.2, 0.25) is 5.02 Å². The molecule has 1 aliphatic carbocycles. The molecule has 1 aromatic heterocycles. The molecule has 6 heteroatoms. The molecule has 3 aromatic rings. The van der Waals surface area contributed by atoms with E-state index in [4.69, 9.17) is 21.1 Å². The molecule has 170 valence electrons. The van der Waals surface area contributed by atoms with Gasteiger partial charge >= 0.3 is 5.97 Å². The van der Waals surface area contributed by atoms with E-state index in [2.05, 4.69) is 4.98 Å². The zero-order valence-electron chi connectivity index (χ0n) is 18.7. The summed E-state index contributed by atoms with van der Waals surface area (Å²) in [5.41, 5.74) is 6.39. The van der Waals surface area contributed by atoms with E-state index in [1.807, 2.05) is 31.2 Å². The van der Waals surface area contributed by atoms with Gasteiger partial charge in [0.05, 0.1) is 17.2 Å². The smallest absolute Gasteiger partial charge is 0.338 e. The zero-order valence-corrected chi connectivity index (χ0v) is 19.4. The normalized spacial score (nSPS) is 13.3. The molecular formula is C27H25ClFNO3. The number of esters is 1. The molecule has 4 rings (SSSR count). The summed E-state index contributed by atoms with van der Waals surface area (Å²) in [6.07, 6.45) is 4.28. The van der Waals surface area contributed by atoms with Crippen molar-refractivity contribution in [2.24, 2.45) is 0 Å². The summed E-state index contributed by atoms with van der Waals surface area (Å²) in [5, 5.41) is 0.522. The molecule has 2 aromatic carbocycles. The average Bonchev–Trinajstić information content (AvgIpc) is 3.29. The summed E-state index contributed by atoms with van der Waals surface area (Å²) in [6.45, 7) is 4.30. The third-order valence-corrected chi connectivity index (χ3v) is 5.94. The molecule has 0 N–H and O–H groups in total. The number of allylic oxidation sites excluding steroid dienone is 2. The largest absolute Gasteiger partial charge is 0.472 e. The van der Waals surface area contributed by atoms with Gasteiger partial charge in [0.15, 0.2) is 0 Å². The van der Waals surface area contributed by atoms with Crippen LogP contribution in [0.25, 0.3) is 11.1 Å². The molecule has 0 bridgehead atoms. The molecule has 1 heterocycles. The standard InChI is InChI=1S/C27H25ClFNO3/c1-3-32-27(31)24-13-19(10-7-17(24)2)22-5-4-6-23(22)25-14-20(28)15-30-26(25)33-16-18-8-11-21(29)12-9-18/h7-15H,3-6,16H2,1-2H3. The van der Waals surface area contributed by atoms with Crippen molar-refractivity contribution in [1.29, 1.82) is 0 Å². The van der Waals surface area contributed by atoms with Gasteiger partial charge in [-0.1, -0.05) is 35.9 Å². The molecular weight excluding hydrogens is 441 g/mol. The Hall–Kier alpha value is -3.18. The minimum Gasteiger partial charge on any atom is -0.472 e. The van der Waals surface area contributed by atoms with Gasteiger partial charge in [0.25, 0.3) is 0 Å². The zero-order chi connectivity index (χ0) is 23.4. The molecule has 0 fully saturated rings. The first-order valence-corrected chi connectivity index (χ1v) is 11.4. The number of hydrogen-bond acceptors (Lipinski definition) is 4. The van der Waals surface area contributed by atoms with E-state index in [0.717, 1.165) is 52.7 Å². The summed E-state index contributed by atoms with van der Waals surface area (Å²) in [7, 11) is 0. The van der Waals surface area contributed by atoms with E-state index in [1.165, 1.54) is 12.1 Å². The predicted octanol–water partition coefficient (Wildman–Crippen LogP) is 7.03. The van der Waals surface area contributed by atoms with E-state index in [1.54, 1.807) is 25.3 Å². The first kappa shape index (κ1) is 23.0. The van der Waals surface area contributed by atoms with Crippen molar-refractivity contribution in [3.05, 3.63) is 93.4 Å². The fraction of sp³-hybridized carbons (Fsp3) is 0.259. The first-order valence-electron chi connectivity index (χ1n) is 11.0. The molecule has 1 aliphatic rings. The summed E-state index contributed by atoms with van der Waals surface area (Å²) in [4.78, 5) is 16.8. The molecule has 0 atom stereocenters. The molecule has 0 saturated carbocycles. The van der Waals surface area contributed by atoms with Crippen LogP contribution in [0.15, 0.2) is 54.7 Å². The number of nitrogens with zero attached hydrogens (tertiary/aromatic N) is 1. The maximum Gasteiger partial charge on any atom is 0.338 e. The lowest BCUT2D eigenvalue weighted by atomic mass is 9.95. The second kappa shape index (κ2) is 10.2. The van der Waals surface area contributed by atoms with E-state index < -0.39 is 0 Å². The van der Waals surface area contributed by atoms with Crippen molar-refractivity contribution in [1.82, 2.24) is 4.98 Å². The summed E-state index contributed by atoms with van der Waals surface area (Å²) >= 11 is 6.30. The molecule has 33 heavy (non-hydrogen) atoms. The number of aromatic nitrogens is 1. The minimum absolute atomic E-state index is 0.266. The van der Waals surface area contributed by atoms with Crippen LogP contribution in [-0.2, 0) is 11.3 Å². The Labute approximate surface area is 198 Å². The Balaban J connectivity index is 1.70. The number of hydrogen-bond donors (Lipinski definition) is 0. The number of halogens is 2. The topological polar surface area (TPSA) is 48.4 Å². The van der Waals surface area contributed by atoms with Crippen molar-refractivity contribution < 1.29 is 18.7 Å². The molecule has 0 unspecified atom stereocenters.